The van der Waals surface area contributed by atoms with Gasteiger partial charge in [-0.3, -0.25) is 4.79 Å². The molecule has 0 radical (unpaired) electrons. The topological polar surface area (TPSA) is 60.9 Å². The average molecular weight is 460 g/mol. The van der Waals surface area contributed by atoms with Gasteiger partial charge in [-0.1, -0.05) is 36.4 Å². The van der Waals surface area contributed by atoms with E-state index in [1.54, 1.807) is 17.9 Å². The maximum atomic E-state index is 15.0. The molecular formula is C24H30FN3O3S. The van der Waals surface area contributed by atoms with Crippen molar-refractivity contribution in [2.75, 3.05) is 31.1 Å². The van der Waals surface area contributed by atoms with Gasteiger partial charge in [-0.2, -0.15) is 4.31 Å². The van der Waals surface area contributed by atoms with Gasteiger partial charge in [0, 0.05) is 45.7 Å². The van der Waals surface area contributed by atoms with E-state index < -0.39 is 15.3 Å². The Bertz CT molecular complexity index is 1070. The molecule has 0 N–H and O–H groups in total. The lowest BCUT2D eigenvalue weighted by Gasteiger charge is -2.38. The molecule has 32 heavy (non-hydrogen) atoms. The van der Waals surface area contributed by atoms with Crippen LogP contribution < -0.4 is 4.90 Å². The molecule has 1 amide bonds. The van der Waals surface area contributed by atoms with Gasteiger partial charge >= 0.3 is 0 Å². The molecular weight excluding hydrogens is 429 g/mol. The number of rotatable bonds is 4. The Kier molecular flexibility index (Phi) is 6.53. The molecule has 2 aromatic rings. The third-order valence-corrected chi connectivity index (χ3v) is 8.98. The van der Waals surface area contributed by atoms with Gasteiger partial charge in [0.05, 0.1) is 5.69 Å². The zero-order valence-electron chi connectivity index (χ0n) is 18.6. The number of hydrogen-bond acceptors (Lipinski definition) is 4. The van der Waals surface area contributed by atoms with E-state index in [-0.39, 0.29) is 24.3 Å². The summed E-state index contributed by atoms with van der Waals surface area (Å²) in [5, 5.41) is -0.568. The Morgan fingerprint density at radius 3 is 2.34 bits per heavy atom. The summed E-state index contributed by atoms with van der Waals surface area (Å²) < 4.78 is 43.3. The van der Waals surface area contributed by atoms with Crippen molar-refractivity contribution in [3.8, 4) is 0 Å². The minimum absolute atomic E-state index is 0.0335. The van der Waals surface area contributed by atoms with Crippen molar-refractivity contribution in [3.63, 3.8) is 0 Å². The highest BCUT2D eigenvalue weighted by atomic mass is 32.2. The molecule has 2 aliphatic heterocycles. The lowest BCUT2D eigenvalue weighted by molar-refractivity contribution is -0.129. The number of halogens is 1. The van der Waals surface area contributed by atoms with E-state index in [4.69, 9.17) is 0 Å². The standard InChI is InChI=1S/C24H30FN3O3S/c1-18-8-11-24(21-6-4-3-5-7-21)32(30,31)28(18)17-20-9-10-23(22(25)16-20)27-14-12-26(13-15-27)19(2)29/h3-7,9-10,16,18,24H,8,11-15,17H2,1-2H3/t18-,24?/m1/s1. The van der Waals surface area contributed by atoms with Crippen molar-refractivity contribution in [2.45, 2.75) is 44.5 Å². The van der Waals surface area contributed by atoms with E-state index in [1.807, 2.05) is 48.2 Å². The number of hydrogen-bond donors (Lipinski definition) is 0. The quantitative estimate of drug-likeness (QED) is 0.702. The van der Waals surface area contributed by atoms with Crippen LogP contribution >= 0.6 is 0 Å². The second kappa shape index (κ2) is 9.19. The van der Waals surface area contributed by atoms with Crippen molar-refractivity contribution in [2.24, 2.45) is 0 Å². The number of carbonyl (C=O) groups excluding carboxylic acids is 1. The van der Waals surface area contributed by atoms with Crippen molar-refractivity contribution >= 4 is 21.6 Å². The van der Waals surface area contributed by atoms with Crippen molar-refractivity contribution in [3.05, 3.63) is 65.5 Å². The number of anilines is 1. The van der Waals surface area contributed by atoms with Gasteiger partial charge < -0.3 is 9.80 Å². The molecule has 172 valence electrons. The highest BCUT2D eigenvalue weighted by Gasteiger charge is 2.40. The fourth-order valence-electron chi connectivity index (χ4n) is 4.70. The van der Waals surface area contributed by atoms with E-state index in [0.29, 0.717) is 43.9 Å². The largest absolute Gasteiger partial charge is 0.366 e. The van der Waals surface area contributed by atoms with E-state index in [9.17, 15) is 17.6 Å². The maximum absolute atomic E-state index is 15.0. The first-order valence-corrected chi connectivity index (χ1v) is 12.6. The van der Waals surface area contributed by atoms with E-state index in [2.05, 4.69) is 0 Å². The molecule has 2 aliphatic rings. The molecule has 0 bridgehead atoms. The molecule has 6 nitrogen and oxygen atoms in total. The summed E-state index contributed by atoms with van der Waals surface area (Å²) in [5.74, 6) is -0.327. The van der Waals surface area contributed by atoms with Crippen LogP contribution in [0, 0.1) is 5.82 Å². The Balaban J connectivity index is 1.51. The normalized spacial score (nSPS) is 23.8. The monoisotopic (exact) mass is 459 g/mol. The van der Waals surface area contributed by atoms with Crippen LogP contribution in [0.3, 0.4) is 0 Å². The molecule has 0 aliphatic carbocycles. The molecule has 8 heteroatoms. The Morgan fingerprint density at radius 1 is 1.03 bits per heavy atom. The SMILES string of the molecule is CC(=O)N1CCN(c2ccc(CN3[C@H](C)CCC(c4ccccc4)S3(=O)=O)cc2F)CC1. The van der Waals surface area contributed by atoms with E-state index in [0.717, 1.165) is 12.0 Å². The van der Waals surface area contributed by atoms with Crippen LogP contribution in [0.2, 0.25) is 0 Å². The summed E-state index contributed by atoms with van der Waals surface area (Å²) in [6.07, 6.45) is 1.35. The molecule has 2 saturated heterocycles. The molecule has 1 unspecified atom stereocenters. The highest BCUT2D eigenvalue weighted by molar-refractivity contribution is 7.89. The number of carbonyl (C=O) groups is 1. The fraction of sp³-hybridized carbons (Fsp3) is 0.458. The highest BCUT2D eigenvalue weighted by Crippen LogP contribution is 2.38. The van der Waals surface area contributed by atoms with Crippen LogP contribution in [0.1, 0.15) is 43.1 Å². The van der Waals surface area contributed by atoms with Crippen LogP contribution in [-0.4, -0.2) is 55.8 Å². The van der Waals surface area contributed by atoms with Crippen molar-refractivity contribution in [1.82, 2.24) is 9.21 Å². The molecule has 2 fully saturated rings. The number of piperazine rings is 1. The maximum Gasteiger partial charge on any atom is 0.221 e. The summed E-state index contributed by atoms with van der Waals surface area (Å²) in [7, 11) is -3.56. The second-order valence-electron chi connectivity index (χ2n) is 8.69. The molecule has 0 saturated carbocycles. The van der Waals surface area contributed by atoms with Crippen LogP contribution in [0.5, 0.6) is 0 Å². The summed E-state index contributed by atoms with van der Waals surface area (Å²) in [6, 6.07) is 14.2. The van der Waals surface area contributed by atoms with Crippen LogP contribution in [0.15, 0.2) is 48.5 Å². The Labute approximate surface area is 189 Å². The lowest BCUT2D eigenvalue weighted by atomic mass is 10.0. The van der Waals surface area contributed by atoms with Gasteiger partial charge in [-0.25, -0.2) is 12.8 Å². The second-order valence-corrected chi connectivity index (χ2v) is 10.8. The first kappa shape index (κ1) is 22.7. The number of benzene rings is 2. The molecule has 2 heterocycles. The van der Waals surface area contributed by atoms with Crippen molar-refractivity contribution in [1.29, 1.82) is 0 Å². The predicted octanol–water partition coefficient (Wildman–Crippen LogP) is 3.55. The fourth-order valence-corrected chi connectivity index (χ4v) is 6.90. The third kappa shape index (κ3) is 4.52. The zero-order valence-corrected chi connectivity index (χ0v) is 19.4. The minimum atomic E-state index is -3.56. The van der Waals surface area contributed by atoms with Crippen LogP contribution in [0.4, 0.5) is 10.1 Å². The minimum Gasteiger partial charge on any atom is -0.366 e. The average Bonchev–Trinajstić information content (AvgIpc) is 2.77. The molecule has 4 rings (SSSR count). The first-order valence-electron chi connectivity index (χ1n) is 11.1. The van der Waals surface area contributed by atoms with Gasteiger partial charge in [0.2, 0.25) is 15.9 Å². The molecule has 0 aromatic heterocycles. The summed E-state index contributed by atoms with van der Waals surface area (Å²) >= 11 is 0. The van der Waals surface area contributed by atoms with E-state index in [1.165, 1.54) is 10.4 Å². The van der Waals surface area contributed by atoms with Gasteiger partial charge in [0.15, 0.2) is 0 Å². The van der Waals surface area contributed by atoms with Gasteiger partial charge in [0.25, 0.3) is 0 Å². The number of sulfonamides is 1. The van der Waals surface area contributed by atoms with Gasteiger partial charge in [-0.15, -0.1) is 0 Å². The summed E-state index contributed by atoms with van der Waals surface area (Å²) in [6.45, 7) is 5.91. The van der Waals surface area contributed by atoms with Gasteiger partial charge in [0.1, 0.15) is 11.1 Å². The van der Waals surface area contributed by atoms with Crippen LogP contribution in [-0.2, 0) is 21.4 Å². The molecule has 2 aromatic carbocycles. The lowest BCUT2D eigenvalue weighted by Crippen LogP contribution is -2.48. The smallest absolute Gasteiger partial charge is 0.221 e. The molecule has 2 atom stereocenters. The number of nitrogens with zero attached hydrogens (tertiary/aromatic N) is 3. The molecule has 0 spiro atoms. The van der Waals surface area contributed by atoms with E-state index >= 15 is 0 Å². The first-order chi connectivity index (χ1) is 15.3. The Morgan fingerprint density at radius 2 is 1.72 bits per heavy atom. The zero-order chi connectivity index (χ0) is 22.9. The van der Waals surface area contributed by atoms with Crippen molar-refractivity contribution < 1.29 is 17.6 Å². The van der Waals surface area contributed by atoms with Crippen LogP contribution in [0.25, 0.3) is 0 Å². The van der Waals surface area contributed by atoms with Gasteiger partial charge in [-0.05, 0) is 43.0 Å². The third-order valence-electron chi connectivity index (χ3n) is 6.61. The Hall–Kier alpha value is -2.45. The summed E-state index contributed by atoms with van der Waals surface area (Å²) in [4.78, 5) is 15.2. The number of amides is 1. The summed E-state index contributed by atoms with van der Waals surface area (Å²) in [5.41, 5.74) is 1.93. The predicted molar refractivity (Wildman–Crippen MR) is 123 cm³/mol.